The van der Waals surface area contributed by atoms with Gasteiger partial charge in [-0.2, -0.15) is 0 Å². The van der Waals surface area contributed by atoms with Gasteiger partial charge in [0, 0.05) is 16.6 Å². The third-order valence-electron chi connectivity index (χ3n) is 2.88. The van der Waals surface area contributed by atoms with E-state index in [1.54, 1.807) is 43.3 Å². The monoisotopic (exact) mass is 355 g/mol. The molecule has 6 heteroatoms. The summed E-state index contributed by atoms with van der Waals surface area (Å²) in [6.07, 6.45) is 0. The molecule has 0 amide bonds. The summed E-state index contributed by atoms with van der Waals surface area (Å²) in [4.78, 5) is 0.224. The number of hydrogen-bond acceptors (Lipinski definition) is 3. The fraction of sp³-hybridized carbons (Fsp3) is 0.143. The molecule has 2 aromatic carbocycles. The van der Waals surface area contributed by atoms with E-state index in [2.05, 4.69) is 20.7 Å². The first-order chi connectivity index (χ1) is 9.40. The van der Waals surface area contributed by atoms with Crippen LogP contribution in [0.15, 0.2) is 51.8 Å². The minimum absolute atomic E-state index is 0.0426. The third-order valence-corrected chi connectivity index (χ3v) is 4.92. The molecule has 0 fully saturated rings. The Balaban J connectivity index is 2.24. The van der Waals surface area contributed by atoms with Crippen molar-refractivity contribution in [2.45, 2.75) is 18.4 Å². The number of rotatable bonds is 4. The van der Waals surface area contributed by atoms with Gasteiger partial charge < -0.3 is 5.11 Å². The summed E-state index contributed by atoms with van der Waals surface area (Å²) < 4.78 is 27.7. The molecule has 0 saturated heterocycles. The quantitative estimate of drug-likeness (QED) is 0.885. The highest BCUT2D eigenvalue weighted by atomic mass is 79.9. The number of aromatic hydroxyl groups is 1. The molecule has 0 aromatic heterocycles. The molecule has 0 unspecified atom stereocenters. The van der Waals surface area contributed by atoms with Crippen molar-refractivity contribution in [3.63, 3.8) is 0 Å². The number of hydrogen-bond donors (Lipinski definition) is 2. The summed E-state index contributed by atoms with van der Waals surface area (Å²) in [7, 11) is -3.62. The lowest BCUT2D eigenvalue weighted by Crippen LogP contribution is -2.24. The van der Waals surface area contributed by atoms with Crippen molar-refractivity contribution in [1.82, 2.24) is 4.72 Å². The van der Waals surface area contributed by atoms with Gasteiger partial charge in [-0.25, -0.2) is 13.1 Å². The lowest BCUT2D eigenvalue weighted by Gasteiger charge is -2.10. The average molecular weight is 356 g/mol. The standard InChI is InChI=1S/C14H14BrNO3S/c1-10-6-7-12(15)8-14(10)20(18,19)16-9-11-4-2-3-5-13(11)17/h2-8,16-17H,9H2,1H3. The molecule has 0 radical (unpaired) electrons. The maximum atomic E-state index is 12.3. The fourth-order valence-corrected chi connectivity index (χ4v) is 3.56. The van der Waals surface area contributed by atoms with Gasteiger partial charge in [0.15, 0.2) is 0 Å². The van der Waals surface area contributed by atoms with E-state index < -0.39 is 10.0 Å². The minimum atomic E-state index is -3.62. The van der Waals surface area contributed by atoms with Crippen molar-refractivity contribution in [3.05, 3.63) is 58.1 Å². The molecule has 0 spiro atoms. The molecule has 4 nitrogen and oxygen atoms in total. The maximum absolute atomic E-state index is 12.3. The largest absolute Gasteiger partial charge is 0.508 e. The Morgan fingerprint density at radius 1 is 1.20 bits per heavy atom. The predicted octanol–water partition coefficient (Wildman–Crippen LogP) is 2.94. The van der Waals surface area contributed by atoms with Gasteiger partial charge in [0.05, 0.1) is 4.90 Å². The SMILES string of the molecule is Cc1ccc(Br)cc1S(=O)(=O)NCc1ccccc1O. The second-order valence-electron chi connectivity index (χ2n) is 4.36. The number of phenols is 1. The van der Waals surface area contributed by atoms with Crippen molar-refractivity contribution in [2.24, 2.45) is 0 Å². The Hall–Kier alpha value is -1.37. The smallest absolute Gasteiger partial charge is 0.241 e. The van der Waals surface area contributed by atoms with Crippen LogP contribution in [0.2, 0.25) is 0 Å². The third kappa shape index (κ3) is 3.39. The number of nitrogens with one attached hydrogen (secondary N) is 1. The molecule has 2 rings (SSSR count). The van der Waals surface area contributed by atoms with Crippen LogP contribution in [0.4, 0.5) is 0 Å². The summed E-state index contributed by atoms with van der Waals surface area (Å²) in [5.74, 6) is 0.0705. The van der Waals surface area contributed by atoms with Crippen LogP contribution in [0.3, 0.4) is 0 Å². The Labute approximate surface area is 126 Å². The maximum Gasteiger partial charge on any atom is 0.241 e. The van der Waals surface area contributed by atoms with Gasteiger partial charge in [0.2, 0.25) is 10.0 Å². The van der Waals surface area contributed by atoms with E-state index in [1.165, 1.54) is 6.07 Å². The first-order valence-electron chi connectivity index (χ1n) is 5.93. The number of sulfonamides is 1. The summed E-state index contributed by atoms with van der Waals surface area (Å²) in [6, 6.07) is 11.7. The molecular formula is C14H14BrNO3S. The molecule has 2 N–H and O–H groups in total. The van der Waals surface area contributed by atoms with Crippen LogP contribution < -0.4 is 4.72 Å². The van der Waals surface area contributed by atoms with E-state index in [-0.39, 0.29) is 17.2 Å². The summed E-state index contributed by atoms with van der Waals surface area (Å²) in [5.41, 5.74) is 1.20. The van der Waals surface area contributed by atoms with Crippen LogP contribution in [0, 0.1) is 6.92 Å². The van der Waals surface area contributed by atoms with Crippen LogP contribution in [0.25, 0.3) is 0 Å². The zero-order chi connectivity index (χ0) is 14.8. The van der Waals surface area contributed by atoms with Crippen molar-refractivity contribution in [3.8, 4) is 5.75 Å². The second kappa shape index (κ2) is 5.95. The molecule has 0 aliphatic heterocycles. The van der Waals surface area contributed by atoms with Gasteiger partial charge in [-0.1, -0.05) is 40.2 Å². The molecular weight excluding hydrogens is 342 g/mol. The molecule has 0 aliphatic rings. The molecule has 0 saturated carbocycles. The van der Waals surface area contributed by atoms with E-state index >= 15 is 0 Å². The predicted molar refractivity (Wildman–Crippen MR) is 81.0 cm³/mol. The van der Waals surface area contributed by atoms with E-state index in [1.807, 2.05) is 0 Å². The Morgan fingerprint density at radius 3 is 2.60 bits per heavy atom. The zero-order valence-corrected chi connectivity index (χ0v) is 13.2. The normalized spacial score (nSPS) is 11.5. The summed E-state index contributed by atoms with van der Waals surface area (Å²) in [6.45, 7) is 1.78. The van der Waals surface area contributed by atoms with Crippen LogP contribution in [-0.4, -0.2) is 13.5 Å². The van der Waals surface area contributed by atoms with Crippen molar-refractivity contribution >= 4 is 26.0 Å². The first kappa shape index (κ1) is 15.0. The fourth-order valence-electron chi connectivity index (χ4n) is 1.77. The lowest BCUT2D eigenvalue weighted by atomic mass is 10.2. The van der Waals surface area contributed by atoms with E-state index in [0.29, 0.717) is 15.6 Å². The van der Waals surface area contributed by atoms with Crippen LogP contribution in [-0.2, 0) is 16.6 Å². The average Bonchev–Trinajstić information content (AvgIpc) is 2.40. The van der Waals surface area contributed by atoms with Gasteiger partial charge in [-0.3, -0.25) is 0 Å². The Kier molecular flexibility index (Phi) is 4.47. The zero-order valence-electron chi connectivity index (χ0n) is 10.8. The van der Waals surface area contributed by atoms with Crippen LogP contribution in [0.1, 0.15) is 11.1 Å². The highest BCUT2D eigenvalue weighted by Crippen LogP contribution is 2.21. The van der Waals surface area contributed by atoms with Crippen molar-refractivity contribution < 1.29 is 13.5 Å². The van der Waals surface area contributed by atoms with Crippen LogP contribution >= 0.6 is 15.9 Å². The first-order valence-corrected chi connectivity index (χ1v) is 8.20. The van der Waals surface area contributed by atoms with E-state index in [0.717, 1.165) is 0 Å². The van der Waals surface area contributed by atoms with Crippen LogP contribution in [0.5, 0.6) is 5.75 Å². The number of benzene rings is 2. The van der Waals surface area contributed by atoms with E-state index in [4.69, 9.17) is 0 Å². The molecule has 2 aromatic rings. The van der Waals surface area contributed by atoms with Crippen molar-refractivity contribution in [2.75, 3.05) is 0 Å². The number of halogens is 1. The minimum Gasteiger partial charge on any atom is -0.508 e. The van der Waals surface area contributed by atoms with Gasteiger partial charge >= 0.3 is 0 Å². The second-order valence-corrected chi connectivity index (χ2v) is 7.01. The molecule has 106 valence electrons. The summed E-state index contributed by atoms with van der Waals surface area (Å²) in [5, 5.41) is 9.63. The number of para-hydroxylation sites is 1. The van der Waals surface area contributed by atoms with Gasteiger partial charge in [0.25, 0.3) is 0 Å². The topological polar surface area (TPSA) is 66.4 Å². The Bertz CT molecular complexity index is 729. The molecule has 0 atom stereocenters. The van der Waals surface area contributed by atoms with Gasteiger partial charge in [-0.05, 0) is 30.7 Å². The van der Waals surface area contributed by atoms with Gasteiger partial charge in [0.1, 0.15) is 5.75 Å². The van der Waals surface area contributed by atoms with Crippen molar-refractivity contribution in [1.29, 1.82) is 0 Å². The molecule has 0 bridgehead atoms. The lowest BCUT2D eigenvalue weighted by molar-refractivity contribution is 0.467. The van der Waals surface area contributed by atoms with E-state index in [9.17, 15) is 13.5 Å². The highest BCUT2D eigenvalue weighted by molar-refractivity contribution is 9.10. The summed E-state index contributed by atoms with van der Waals surface area (Å²) >= 11 is 3.26. The van der Waals surface area contributed by atoms with Gasteiger partial charge in [-0.15, -0.1) is 0 Å². The Morgan fingerprint density at radius 2 is 1.90 bits per heavy atom. The molecule has 20 heavy (non-hydrogen) atoms. The number of phenolic OH excluding ortho intramolecular Hbond substituents is 1. The molecule has 0 aliphatic carbocycles. The highest BCUT2D eigenvalue weighted by Gasteiger charge is 2.17. The molecule has 0 heterocycles. The number of aryl methyl sites for hydroxylation is 1.